The molecule has 1 aliphatic heterocycles. The fraction of sp³-hybridized carbons (Fsp3) is 0.214. The fourth-order valence-electron chi connectivity index (χ4n) is 2.24. The normalized spacial score (nSPS) is 15.1. The Balaban J connectivity index is 1.78. The van der Waals surface area contributed by atoms with Gasteiger partial charge in [-0.2, -0.15) is 4.98 Å². The Morgan fingerprint density at radius 2 is 2.00 bits per heavy atom. The van der Waals surface area contributed by atoms with Crippen LogP contribution in [0.3, 0.4) is 0 Å². The van der Waals surface area contributed by atoms with Gasteiger partial charge in [0.1, 0.15) is 6.33 Å². The Bertz CT molecular complexity index is 693. The predicted molar refractivity (Wildman–Crippen MR) is 78.9 cm³/mol. The number of hydrogen-bond donors (Lipinski definition) is 1. The number of anilines is 1. The molecule has 0 saturated heterocycles. The minimum atomic E-state index is -0.373. The molecule has 1 aromatic carbocycles. The van der Waals surface area contributed by atoms with Crippen LogP contribution < -0.4 is 10.6 Å². The van der Waals surface area contributed by atoms with E-state index >= 15 is 0 Å². The van der Waals surface area contributed by atoms with Gasteiger partial charge in [0.15, 0.2) is 0 Å². The van der Waals surface area contributed by atoms with Gasteiger partial charge < -0.3 is 4.90 Å². The van der Waals surface area contributed by atoms with E-state index in [4.69, 9.17) is 11.6 Å². The summed E-state index contributed by atoms with van der Waals surface area (Å²) in [5, 5.41) is 0.741. The summed E-state index contributed by atoms with van der Waals surface area (Å²) in [5.41, 5.74) is 2.10. The lowest BCUT2D eigenvalue weighted by atomic mass is 10.00. The van der Waals surface area contributed by atoms with Gasteiger partial charge in [-0.3, -0.25) is 4.98 Å². The molecule has 0 bridgehead atoms. The van der Waals surface area contributed by atoms with Crippen LogP contribution in [-0.4, -0.2) is 28.0 Å². The summed E-state index contributed by atoms with van der Waals surface area (Å²) in [6, 6.07) is 7.84. The van der Waals surface area contributed by atoms with Crippen LogP contribution >= 0.6 is 11.6 Å². The molecule has 6 heteroatoms. The van der Waals surface area contributed by atoms with Crippen molar-refractivity contribution in [1.29, 1.82) is 0 Å². The van der Waals surface area contributed by atoms with Crippen molar-refractivity contribution in [2.24, 2.45) is 0 Å². The second-order valence-electron chi connectivity index (χ2n) is 4.56. The van der Waals surface area contributed by atoms with Gasteiger partial charge >= 0.3 is 5.69 Å². The molecule has 0 radical (unpaired) electrons. The number of aromatic amines is 1. The third kappa shape index (κ3) is 2.72. The van der Waals surface area contributed by atoms with Gasteiger partial charge in [0, 0.05) is 18.1 Å². The second-order valence-corrected chi connectivity index (χ2v) is 5.00. The van der Waals surface area contributed by atoms with Crippen molar-refractivity contribution >= 4 is 23.1 Å². The summed E-state index contributed by atoms with van der Waals surface area (Å²) < 4.78 is 0. The molecule has 3 rings (SSSR count). The number of hydrogen-bond acceptors (Lipinski definition) is 4. The quantitative estimate of drug-likeness (QED) is 0.919. The van der Waals surface area contributed by atoms with E-state index in [-0.39, 0.29) is 5.69 Å². The summed E-state index contributed by atoms with van der Waals surface area (Å²) in [6.45, 7) is 1.52. The molecule has 0 amide bonds. The molecule has 0 saturated carbocycles. The highest BCUT2D eigenvalue weighted by atomic mass is 35.5. The second kappa shape index (κ2) is 5.46. The zero-order valence-corrected chi connectivity index (χ0v) is 11.5. The van der Waals surface area contributed by atoms with Crippen molar-refractivity contribution in [3.05, 3.63) is 57.7 Å². The first kappa shape index (κ1) is 12.9. The van der Waals surface area contributed by atoms with Crippen LogP contribution in [0.15, 0.2) is 41.5 Å². The average molecular weight is 289 g/mol. The topological polar surface area (TPSA) is 61.9 Å². The van der Waals surface area contributed by atoms with Gasteiger partial charge in [-0.05, 0) is 29.7 Å². The number of nitrogens with zero attached hydrogens (tertiary/aromatic N) is 3. The maximum Gasteiger partial charge on any atom is 0.349 e. The van der Waals surface area contributed by atoms with Gasteiger partial charge in [-0.15, -0.1) is 0 Å². The number of nitrogens with one attached hydrogen (secondary N) is 1. The van der Waals surface area contributed by atoms with Gasteiger partial charge in [0.25, 0.3) is 0 Å². The molecule has 1 aromatic heterocycles. The van der Waals surface area contributed by atoms with Gasteiger partial charge in [-0.1, -0.05) is 29.8 Å². The minimum absolute atomic E-state index is 0.373. The predicted octanol–water partition coefficient (Wildman–Crippen LogP) is 2.11. The van der Waals surface area contributed by atoms with Crippen molar-refractivity contribution in [1.82, 2.24) is 15.0 Å². The molecule has 20 heavy (non-hydrogen) atoms. The van der Waals surface area contributed by atoms with Gasteiger partial charge in [0.05, 0.1) is 0 Å². The Labute approximate surface area is 121 Å². The van der Waals surface area contributed by atoms with E-state index in [1.54, 1.807) is 0 Å². The van der Waals surface area contributed by atoms with Crippen molar-refractivity contribution in [3.8, 4) is 0 Å². The summed E-state index contributed by atoms with van der Waals surface area (Å²) in [7, 11) is 0. The lowest BCUT2D eigenvalue weighted by molar-refractivity contribution is 0.781. The molecule has 0 aliphatic carbocycles. The van der Waals surface area contributed by atoms with Crippen LogP contribution in [0, 0.1) is 0 Å². The zero-order valence-electron chi connectivity index (χ0n) is 10.7. The standard InChI is InChI=1S/C14H13ClN4O/c15-12-3-1-10(2-4-12)11-5-7-19(8-6-11)13-16-9-17-14(20)18-13/h1-5,9H,6-8H2,(H,16,17,18,20). The third-order valence-electron chi connectivity index (χ3n) is 3.30. The average Bonchev–Trinajstić information content (AvgIpc) is 2.48. The first-order valence-corrected chi connectivity index (χ1v) is 6.71. The van der Waals surface area contributed by atoms with Gasteiger partial charge in [-0.25, -0.2) is 9.78 Å². The van der Waals surface area contributed by atoms with E-state index < -0.39 is 0 Å². The Hall–Kier alpha value is -2.14. The number of benzene rings is 1. The van der Waals surface area contributed by atoms with Crippen LogP contribution in [0.1, 0.15) is 12.0 Å². The maximum atomic E-state index is 11.2. The first-order chi connectivity index (χ1) is 9.72. The van der Waals surface area contributed by atoms with Crippen molar-refractivity contribution < 1.29 is 0 Å². The van der Waals surface area contributed by atoms with Crippen LogP contribution in [-0.2, 0) is 0 Å². The Morgan fingerprint density at radius 3 is 2.65 bits per heavy atom. The Kier molecular flexibility index (Phi) is 3.52. The van der Waals surface area contributed by atoms with Crippen LogP contribution in [0.2, 0.25) is 5.02 Å². The molecule has 0 atom stereocenters. The molecule has 102 valence electrons. The molecule has 0 unspecified atom stereocenters. The Morgan fingerprint density at radius 1 is 1.20 bits per heavy atom. The lowest BCUT2D eigenvalue weighted by Gasteiger charge is -2.26. The van der Waals surface area contributed by atoms with E-state index in [1.807, 2.05) is 29.2 Å². The SMILES string of the molecule is O=c1ncnc(N2CC=C(c3ccc(Cl)cc3)CC2)[nH]1. The van der Waals surface area contributed by atoms with Crippen molar-refractivity contribution in [2.75, 3.05) is 18.0 Å². The lowest BCUT2D eigenvalue weighted by Crippen LogP contribution is -2.31. The van der Waals surface area contributed by atoms with Crippen molar-refractivity contribution in [3.63, 3.8) is 0 Å². The molecular weight excluding hydrogens is 276 g/mol. The fourth-order valence-corrected chi connectivity index (χ4v) is 2.37. The van der Waals surface area contributed by atoms with Gasteiger partial charge in [0.2, 0.25) is 5.95 Å². The van der Waals surface area contributed by atoms with E-state index in [2.05, 4.69) is 21.0 Å². The minimum Gasteiger partial charge on any atom is -0.338 e. The molecular formula is C14H13ClN4O. The van der Waals surface area contributed by atoms with E-state index in [9.17, 15) is 4.79 Å². The molecule has 2 aromatic rings. The molecule has 0 spiro atoms. The highest BCUT2D eigenvalue weighted by Gasteiger charge is 2.15. The summed E-state index contributed by atoms with van der Waals surface area (Å²) in [4.78, 5) is 23.5. The molecule has 5 nitrogen and oxygen atoms in total. The van der Waals surface area contributed by atoms with Crippen LogP contribution in [0.5, 0.6) is 0 Å². The maximum absolute atomic E-state index is 11.2. The molecule has 1 N–H and O–H groups in total. The van der Waals surface area contributed by atoms with E-state index in [0.717, 1.165) is 18.0 Å². The largest absolute Gasteiger partial charge is 0.349 e. The van der Waals surface area contributed by atoms with E-state index in [0.29, 0.717) is 12.5 Å². The molecule has 1 aliphatic rings. The molecule has 2 heterocycles. The van der Waals surface area contributed by atoms with E-state index in [1.165, 1.54) is 17.5 Å². The highest BCUT2D eigenvalue weighted by Crippen LogP contribution is 2.24. The number of rotatable bonds is 2. The monoisotopic (exact) mass is 288 g/mol. The smallest absolute Gasteiger partial charge is 0.338 e. The van der Waals surface area contributed by atoms with Crippen LogP contribution in [0.4, 0.5) is 5.95 Å². The van der Waals surface area contributed by atoms with Crippen molar-refractivity contribution in [2.45, 2.75) is 6.42 Å². The number of H-pyrrole nitrogens is 1. The third-order valence-corrected chi connectivity index (χ3v) is 3.55. The first-order valence-electron chi connectivity index (χ1n) is 6.33. The summed E-state index contributed by atoms with van der Waals surface area (Å²) in [5.74, 6) is 0.566. The van der Waals surface area contributed by atoms with Crippen LogP contribution in [0.25, 0.3) is 5.57 Å². The zero-order chi connectivity index (χ0) is 13.9. The summed E-state index contributed by atoms with van der Waals surface area (Å²) in [6.07, 6.45) is 4.33. The molecule has 0 fully saturated rings. The highest BCUT2D eigenvalue weighted by molar-refractivity contribution is 6.30. The number of aromatic nitrogens is 3. The number of halogens is 1. The summed E-state index contributed by atoms with van der Waals surface area (Å²) >= 11 is 5.89.